The van der Waals surface area contributed by atoms with Crippen LogP contribution in [0.1, 0.15) is 16.8 Å². The summed E-state index contributed by atoms with van der Waals surface area (Å²) in [4.78, 5) is 39.5. The first kappa shape index (κ1) is 16.0. The highest BCUT2D eigenvalue weighted by Gasteiger charge is 2.59. The van der Waals surface area contributed by atoms with Gasteiger partial charge in [0.25, 0.3) is 0 Å². The van der Waals surface area contributed by atoms with Crippen LogP contribution in [0.15, 0.2) is 66.7 Å². The Bertz CT molecular complexity index is 951. The maximum absolute atomic E-state index is 12.9. The molecule has 1 heterocycles. The number of anilines is 1. The van der Waals surface area contributed by atoms with Gasteiger partial charge in [-0.1, -0.05) is 36.4 Å². The summed E-state index contributed by atoms with van der Waals surface area (Å²) in [6.07, 6.45) is 5.02. The molecule has 27 heavy (non-hydrogen) atoms. The van der Waals surface area contributed by atoms with Gasteiger partial charge in [-0.25, -0.2) is 9.69 Å². The van der Waals surface area contributed by atoms with Crippen molar-refractivity contribution in [2.45, 2.75) is 6.42 Å². The molecule has 2 fully saturated rings. The van der Waals surface area contributed by atoms with Crippen LogP contribution in [0, 0.1) is 23.7 Å². The van der Waals surface area contributed by atoms with E-state index in [1.54, 1.807) is 48.5 Å². The van der Waals surface area contributed by atoms with Crippen LogP contribution < -0.4 is 9.64 Å². The first-order valence-corrected chi connectivity index (χ1v) is 9.07. The molecule has 4 atom stereocenters. The Morgan fingerprint density at radius 1 is 0.889 bits per heavy atom. The van der Waals surface area contributed by atoms with Crippen LogP contribution in [0.4, 0.5) is 5.69 Å². The van der Waals surface area contributed by atoms with E-state index in [9.17, 15) is 14.4 Å². The minimum Gasteiger partial charge on any atom is -0.423 e. The summed E-state index contributed by atoms with van der Waals surface area (Å²) < 4.78 is 5.35. The minimum atomic E-state index is -0.524. The number of benzene rings is 2. The molecule has 3 aliphatic rings. The molecule has 0 radical (unpaired) electrons. The Balaban J connectivity index is 1.42. The molecule has 2 aromatic carbocycles. The number of carbonyl (C=O) groups is 3. The van der Waals surface area contributed by atoms with Gasteiger partial charge in [-0.3, -0.25) is 9.59 Å². The van der Waals surface area contributed by atoms with E-state index in [1.165, 1.54) is 4.90 Å². The number of amides is 2. The molecule has 2 amide bonds. The number of allylic oxidation sites excluding steroid dienone is 2. The molecule has 5 heteroatoms. The van der Waals surface area contributed by atoms with Crippen molar-refractivity contribution in [3.05, 3.63) is 72.3 Å². The van der Waals surface area contributed by atoms with Gasteiger partial charge < -0.3 is 4.74 Å². The molecule has 5 nitrogen and oxygen atoms in total. The molecule has 2 bridgehead atoms. The Labute approximate surface area is 156 Å². The van der Waals surface area contributed by atoms with Crippen LogP contribution in [-0.4, -0.2) is 17.8 Å². The molecule has 0 N–H and O–H groups in total. The van der Waals surface area contributed by atoms with E-state index >= 15 is 0 Å². The standard InChI is InChI=1S/C22H17NO4/c24-20-18-13-9-10-14(11-13)19(18)21(25)23(20)16-6-4-5-15(12-16)22(26)27-17-7-2-1-3-8-17/h1-10,12-14,18-19H,11H2. The smallest absolute Gasteiger partial charge is 0.343 e. The molecule has 4 unspecified atom stereocenters. The second-order valence-electron chi connectivity index (χ2n) is 7.26. The van der Waals surface area contributed by atoms with Crippen molar-refractivity contribution >= 4 is 23.5 Å². The molecule has 1 aliphatic heterocycles. The first-order chi connectivity index (χ1) is 13.1. The van der Waals surface area contributed by atoms with E-state index in [2.05, 4.69) is 12.2 Å². The highest BCUT2D eigenvalue weighted by molar-refractivity contribution is 6.23. The molecular weight excluding hydrogens is 342 g/mol. The normalized spacial score (nSPS) is 27.9. The van der Waals surface area contributed by atoms with Crippen molar-refractivity contribution in [1.82, 2.24) is 0 Å². The van der Waals surface area contributed by atoms with Crippen LogP contribution in [0.25, 0.3) is 0 Å². The van der Waals surface area contributed by atoms with Gasteiger partial charge in [-0.05, 0) is 48.6 Å². The quantitative estimate of drug-likeness (QED) is 0.365. The summed E-state index contributed by atoms with van der Waals surface area (Å²) >= 11 is 0. The largest absolute Gasteiger partial charge is 0.423 e. The average Bonchev–Trinajstić information content (AvgIpc) is 3.36. The topological polar surface area (TPSA) is 63.7 Å². The Morgan fingerprint density at radius 2 is 1.56 bits per heavy atom. The van der Waals surface area contributed by atoms with Crippen LogP contribution in [-0.2, 0) is 9.59 Å². The Hall–Kier alpha value is -3.21. The van der Waals surface area contributed by atoms with Gasteiger partial charge in [-0.15, -0.1) is 0 Å². The minimum absolute atomic E-state index is 0.157. The number of rotatable bonds is 3. The number of imide groups is 1. The SMILES string of the molecule is O=C(Oc1ccccc1)c1cccc(N2C(=O)C3C4C=CC(C4)C3C2=O)c1. The summed E-state index contributed by atoms with van der Waals surface area (Å²) in [5.74, 6) is -0.589. The van der Waals surface area contributed by atoms with Crippen molar-refractivity contribution in [2.75, 3.05) is 4.90 Å². The third-order valence-corrected chi connectivity index (χ3v) is 5.76. The summed E-state index contributed by atoms with van der Waals surface area (Å²) in [6.45, 7) is 0. The molecule has 2 aliphatic carbocycles. The van der Waals surface area contributed by atoms with Gasteiger partial charge in [-0.2, -0.15) is 0 Å². The second kappa shape index (κ2) is 5.91. The monoisotopic (exact) mass is 359 g/mol. The van der Waals surface area contributed by atoms with E-state index in [1.807, 2.05) is 6.07 Å². The fraction of sp³-hybridized carbons (Fsp3) is 0.227. The molecule has 5 rings (SSSR count). The fourth-order valence-corrected chi connectivity index (χ4v) is 4.58. The highest BCUT2D eigenvalue weighted by Crippen LogP contribution is 2.53. The average molecular weight is 359 g/mol. The van der Waals surface area contributed by atoms with Crippen molar-refractivity contribution < 1.29 is 19.1 Å². The van der Waals surface area contributed by atoms with Crippen molar-refractivity contribution in [1.29, 1.82) is 0 Å². The van der Waals surface area contributed by atoms with E-state index in [4.69, 9.17) is 4.74 Å². The lowest BCUT2D eigenvalue weighted by molar-refractivity contribution is -0.123. The predicted octanol–water partition coefficient (Wildman–Crippen LogP) is 3.22. The molecule has 1 saturated heterocycles. The summed E-state index contributed by atoms with van der Waals surface area (Å²) in [5, 5.41) is 0. The molecule has 1 saturated carbocycles. The van der Waals surface area contributed by atoms with Crippen molar-refractivity contribution in [2.24, 2.45) is 23.7 Å². The Kier molecular flexibility index (Phi) is 3.50. The van der Waals surface area contributed by atoms with Gasteiger partial charge in [0.15, 0.2) is 0 Å². The van der Waals surface area contributed by atoms with Gasteiger partial charge in [0.2, 0.25) is 11.8 Å². The number of para-hydroxylation sites is 1. The lowest BCUT2D eigenvalue weighted by atomic mass is 9.85. The number of fused-ring (bicyclic) bond motifs is 5. The molecule has 0 spiro atoms. The van der Waals surface area contributed by atoms with Gasteiger partial charge >= 0.3 is 5.97 Å². The van der Waals surface area contributed by atoms with E-state index in [0.29, 0.717) is 17.0 Å². The summed E-state index contributed by atoms with van der Waals surface area (Å²) in [5.41, 5.74) is 0.733. The van der Waals surface area contributed by atoms with Crippen LogP contribution in [0.3, 0.4) is 0 Å². The van der Waals surface area contributed by atoms with Crippen molar-refractivity contribution in [3.8, 4) is 5.75 Å². The lowest BCUT2D eigenvalue weighted by Gasteiger charge is -2.18. The lowest BCUT2D eigenvalue weighted by Crippen LogP contribution is -2.33. The van der Waals surface area contributed by atoms with Crippen LogP contribution in [0.5, 0.6) is 5.75 Å². The Morgan fingerprint density at radius 3 is 2.22 bits per heavy atom. The van der Waals surface area contributed by atoms with E-state index in [-0.39, 0.29) is 35.5 Å². The highest BCUT2D eigenvalue weighted by atomic mass is 16.5. The number of hydrogen-bond donors (Lipinski definition) is 0. The maximum Gasteiger partial charge on any atom is 0.343 e. The fourth-order valence-electron chi connectivity index (χ4n) is 4.58. The maximum atomic E-state index is 12.9. The van der Waals surface area contributed by atoms with Crippen molar-refractivity contribution in [3.63, 3.8) is 0 Å². The number of nitrogens with zero attached hydrogens (tertiary/aromatic N) is 1. The zero-order valence-electron chi connectivity index (χ0n) is 14.4. The van der Waals surface area contributed by atoms with Crippen LogP contribution >= 0.6 is 0 Å². The zero-order valence-corrected chi connectivity index (χ0v) is 14.4. The predicted molar refractivity (Wildman–Crippen MR) is 98.1 cm³/mol. The number of esters is 1. The number of ether oxygens (including phenoxy) is 1. The molecule has 2 aromatic rings. The number of carbonyl (C=O) groups excluding carboxylic acids is 3. The van der Waals surface area contributed by atoms with E-state index in [0.717, 1.165) is 6.42 Å². The van der Waals surface area contributed by atoms with Gasteiger partial charge in [0.05, 0.1) is 23.1 Å². The molecule has 134 valence electrons. The third kappa shape index (κ3) is 2.42. The first-order valence-electron chi connectivity index (χ1n) is 9.07. The second-order valence-corrected chi connectivity index (χ2v) is 7.26. The third-order valence-electron chi connectivity index (χ3n) is 5.76. The van der Waals surface area contributed by atoms with E-state index < -0.39 is 5.97 Å². The molecule has 0 aromatic heterocycles. The summed E-state index contributed by atoms with van der Waals surface area (Å²) in [6, 6.07) is 15.3. The molecular formula is C22H17NO4. The van der Waals surface area contributed by atoms with Crippen LogP contribution in [0.2, 0.25) is 0 Å². The van der Waals surface area contributed by atoms with Gasteiger partial charge in [0, 0.05) is 0 Å². The summed E-state index contributed by atoms with van der Waals surface area (Å²) in [7, 11) is 0. The zero-order chi connectivity index (χ0) is 18.5. The number of hydrogen-bond acceptors (Lipinski definition) is 4. The van der Waals surface area contributed by atoms with Gasteiger partial charge in [0.1, 0.15) is 5.75 Å².